The lowest BCUT2D eigenvalue weighted by Crippen LogP contribution is -2.48. The minimum Gasteiger partial charge on any atom is -0.352 e. The van der Waals surface area contributed by atoms with Crippen LogP contribution in [-0.4, -0.2) is 42.0 Å². The second-order valence-corrected chi connectivity index (χ2v) is 7.14. The first kappa shape index (κ1) is 14.3. The van der Waals surface area contributed by atoms with E-state index >= 15 is 0 Å². The number of hydrogen-bond acceptors (Lipinski definition) is 3. The third-order valence-corrected chi connectivity index (χ3v) is 5.82. The Morgan fingerprint density at radius 3 is 2.60 bits per heavy atom. The van der Waals surface area contributed by atoms with Crippen LogP contribution in [-0.2, 0) is 4.79 Å². The van der Waals surface area contributed by atoms with Gasteiger partial charge in [0, 0.05) is 25.2 Å². The molecule has 1 heterocycles. The number of nitrogens with zero attached hydrogens (tertiary/aromatic N) is 1. The van der Waals surface area contributed by atoms with Gasteiger partial charge >= 0.3 is 0 Å². The summed E-state index contributed by atoms with van der Waals surface area (Å²) in [7, 11) is 0. The molecule has 0 aromatic rings. The molecule has 2 saturated carbocycles. The lowest BCUT2D eigenvalue weighted by atomic mass is 9.95. The molecule has 4 heteroatoms. The number of carbonyl (C=O) groups excluding carboxylic acids is 1. The van der Waals surface area contributed by atoms with Crippen molar-refractivity contribution in [2.45, 2.75) is 70.0 Å². The summed E-state index contributed by atoms with van der Waals surface area (Å²) in [5, 5.41) is 3.26. The molecular formula is C16H29N3O. The minimum atomic E-state index is 0.00901. The Balaban J connectivity index is 1.51. The summed E-state index contributed by atoms with van der Waals surface area (Å²) >= 11 is 0. The molecule has 3 rings (SSSR count). The minimum absolute atomic E-state index is 0.00901. The second kappa shape index (κ2) is 6.02. The van der Waals surface area contributed by atoms with Gasteiger partial charge < -0.3 is 11.1 Å². The van der Waals surface area contributed by atoms with E-state index in [9.17, 15) is 4.79 Å². The molecule has 4 nitrogen and oxygen atoms in total. The topological polar surface area (TPSA) is 58.4 Å². The van der Waals surface area contributed by atoms with Crippen molar-refractivity contribution in [2.24, 2.45) is 17.6 Å². The molecule has 114 valence electrons. The van der Waals surface area contributed by atoms with Crippen LogP contribution in [0, 0.1) is 11.8 Å². The number of carbonyl (C=O) groups is 1. The summed E-state index contributed by atoms with van der Waals surface area (Å²) in [4.78, 5) is 14.8. The molecule has 1 aliphatic heterocycles. The van der Waals surface area contributed by atoms with E-state index in [0.29, 0.717) is 18.0 Å². The molecule has 3 aliphatic rings. The van der Waals surface area contributed by atoms with Crippen LogP contribution >= 0.6 is 0 Å². The molecule has 4 atom stereocenters. The normalized spacial score (nSPS) is 36.8. The summed E-state index contributed by atoms with van der Waals surface area (Å²) < 4.78 is 0. The van der Waals surface area contributed by atoms with Gasteiger partial charge in [-0.15, -0.1) is 0 Å². The van der Waals surface area contributed by atoms with Crippen LogP contribution in [0.3, 0.4) is 0 Å². The van der Waals surface area contributed by atoms with E-state index in [1.165, 1.54) is 32.1 Å². The SMILES string of the molecule is CC(C(=O)NC1CCCCC1)N1CC2CCC(N)C2C1. The fourth-order valence-corrected chi connectivity index (χ4v) is 4.39. The molecule has 3 N–H and O–H groups in total. The Morgan fingerprint density at radius 2 is 1.90 bits per heavy atom. The summed E-state index contributed by atoms with van der Waals surface area (Å²) in [6, 6.07) is 0.788. The molecule has 20 heavy (non-hydrogen) atoms. The Morgan fingerprint density at radius 1 is 1.15 bits per heavy atom. The molecule has 0 spiro atoms. The first-order chi connectivity index (χ1) is 9.65. The standard InChI is InChI=1S/C16H29N3O/c1-11(16(20)18-13-5-3-2-4-6-13)19-9-12-7-8-15(17)14(12)10-19/h11-15H,2-10,17H2,1H3,(H,18,20). The summed E-state index contributed by atoms with van der Waals surface area (Å²) in [6.45, 7) is 4.15. The largest absolute Gasteiger partial charge is 0.352 e. The molecule has 1 amide bonds. The number of hydrogen-bond donors (Lipinski definition) is 2. The summed E-state index contributed by atoms with van der Waals surface area (Å²) in [6.07, 6.45) is 8.60. The van der Waals surface area contributed by atoms with Crippen LogP contribution in [0.2, 0.25) is 0 Å². The lowest BCUT2D eigenvalue weighted by Gasteiger charge is -2.29. The first-order valence-corrected chi connectivity index (χ1v) is 8.45. The Bertz CT molecular complexity index is 354. The van der Waals surface area contributed by atoms with E-state index in [4.69, 9.17) is 5.73 Å². The highest BCUT2D eigenvalue weighted by Gasteiger charge is 2.43. The van der Waals surface area contributed by atoms with Gasteiger partial charge in [0.05, 0.1) is 6.04 Å². The van der Waals surface area contributed by atoms with Crippen molar-refractivity contribution in [3.05, 3.63) is 0 Å². The zero-order valence-electron chi connectivity index (χ0n) is 12.7. The lowest BCUT2D eigenvalue weighted by molar-refractivity contribution is -0.126. The van der Waals surface area contributed by atoms with Gasteiger partial charge in [-0.05, 0) is 44.4 Å². The van der Waals surface area contributed by atoms with Gasteiger partial charge in [0.15, 0.2) is 0 Å². The molecule has 0 radical (unpaired) electrons. The average molecular weight is 279 g/mol. The maximum Gasteiger partial charge on any atom is 0.237 e. The van der Waals surface area contributed by atoms with E-state index < -0.39 is 0 Å². The van der Waals surface area contributed by atoms with Crippen molar-refractivity contribution in [1.82, 2.24) is 10.2 Å². The van der Waals surface area contributed by atoms with E-state index in [1.54, 1.807) is 0 Å². The summed E-state index contributed by atoms with van der Waals surface area (Å²) in [5.41, 5.74) is 6.18. The monoisotopic (exact) mass is 279 g/mol. The highest BCUT2D eigenvalue weighted by Crippen LogP contribution is 2.37. The number of fused-ring (bicyclic) bond motifs is 1. The van der Waals surface area contributed by atoms with Gasteiger partial charge in [0.1, 0.15) is 0 Å². The van der Waals surface area contributed by atoms with Crippen molar-refractivity contribution < 1.29 is 4.79 Å². The predicted octanol–water partition coefficient (Wildman–Crippen LogP) is 1.49. The van der Waals surface area contributed by atoms with Crippen molar-refractivity contribution in [3.8, 4) is 0 Å². The number of rotatable bonds is 3. The van der Waals surface area contributed by atoms with Crippen LogP contribution < -0.4 is 11.1 Å². The highest BCUT2D eigenvalue weighted by atomic mass is 16.2. The fraction of sp³-hybridized carbons (Fsp3) is 0.938. The zero-order chi connectivity index (χ0) is 14.1. The maximum atomic E-state index is 12.4. The van der Waals surface area contributed by atoms with E-state index in [1.807, 2.05) is 0 Å². The predicted molar refractivity (Wildman–Crippen MR) is 80.2 cm³/mol. The molecule has 2 aliphatic carbocycles. The molecule has 3 fully saturated rings. The van der Waals surface area contributed by atoms with E-state index in [2.05, 4.69) is 17.1 Å². The van der Waals surface area contributed by atoms with Gasteiger partial charge in [-0.25, -0.2) is 0 Å². The van der Waals surface area contributed by atoms with Crippen LogP contribution in [0.1, 0.15) is 51.9 Å². The van der Waals surface area contributed by atoms with Crippen LogP contribution in [0.15, 0.2) is 0 Å². The number of nitrogens with one attached hydrogen (secondary N) is 1. The maximum absolute atomic E-state index is 12.4. The Hall–Kier alpha value is -0.610. The molecule has 0 aromatic heterocycles. The highest BCUT2D eigenvalue weighted by molar-refractivity contribution is 5.81. The summed E-state index contributed by atoms with van der Waals surface area (Å²) in [5.74, 6) is 1.58. The number of likely N-dealkylation sites (tertiary alicyclic amines) is 1. The number of nitrogens with two attached hydrogens (primary N) is 1. The van der Waals surface area contributed by atoms with Crippen molar-refractivity contribution in [3.63, 3.8) is 0 Å². The van der Waals surface area contributed by atoms with Gasteiger partial charge in [-0.1, -0.05) is 19.3 Å². The van der Waals surface area contributed by atoms with Crippen molar-refractivity contribution in [2.75, 3.05) is 13.1 Å². The van der Waals surface area contributed by atoms with Gasteiger partial charge in [-0.3, -0.25) is 9.69 Å². The van der Waals surface area contributed by atoms with Crippen molar-refractivity contribution >= 4 is 5.91 Å². The molecule has 0 aromatic carbocycles. The van der Waals surface area contributed by atoms with E-state index in [-0.39, 0.29) is 11.9 Å². The quantitative estimate of drug-likeness (QED) is 0.823. The van der Waals surface area contributed by atoms with Gasteiger partial charge in [-0.2, -0.15) is 0 Å². The second-order valence-electron chi connectivity index (χ2n) is 7.14. The van der Waals surface area contributed by atoms with Gasteiger partial charge in [0.2, 0.25) is 5.91 Å². The van der Waals surface area contributed by atoms with Gasteiger partial charge in [0.25, 0.3) is 0 Å². The molecular weight excluding hydrogens is 250 g/mol. The Kier molecular flexibility index (Phi) is 4.32. The molecule has 0 bridgehead atoms. The first-order valence-electron chi connectivity index (χ1n) is 8.45. The zero-order valence-corrected chi connectivity index (χ0v) is 12.7. The molecule has 4 unspecified atom stereocenters. The van der Waals surface area contributed by atoms with Crippen LogP contribution in [0.4, 0.5) is 0 Å². The average Bonchev–Trinajstić information content (AvgIpc) is 3.02. The Labute approximate surface area is 122 Å². The number of amides is 1. The molecule has 1 saturated heterocycles. The van der Waals surface area contributed by atoms with Crippen molar-refractivity contribution in [1.29, 1.82) is 0 Å². The third kappa shape index (κ3) is 2.86. The fourth-order valence-electron chi connectivity index (χ4n) is 4.39. The third-order valence-electron chi connectivity index (χ3n) is 5.82. The smallest absolute Gasteiger partial charge is 0.237 e. The van der Waals surface area contributed by atoms with E-state index in [0.717, 1.165) is 31.8 Å². The van der Waals surface area contributed by atoms with Crippen LogP contribution in [0.25, 0.3) is 0 Å². The van der Waals surface area contributed by atoms with Crippen LogP contribution in [0.5, 0.6) is 0 Å².